The Morgan fingerprint density at radius 3 is 2.64 bits per heavy atom. The van der Waals surface area contributed by atoms with Crippen LogP contribution in [0.5, 0.6) is 5.75 Å². The number of rotatable bonds is 2. The predicted octanol–water partition coefficient (Wildman–Crippen LogP) is 3.38. The zero-order chi connectivity index (χ0) is 16.2. The number of carbonyl (C=O) groups is 1. The molecule has 1 aromatic carbocycles. The molecule has 1 fully saturated rings. The highest BCUT2D eigenvalue weighted by Crippen LogP contribution is 2.42. The van der Waals surface area contributed by atoms with E-state index in [1.54, 1.807) is 0 Å². The Hall–Kier alpha value is -2.03. The van der Waals surface area contributed by atoms with E-state index in [0.717, 1.165) is 6.20 Å². The molecule has 2 aromatic rings. The Balaban J connectivity index is 2.39. The molecule has 9 heteroatoms. The lowest BCUT2D eigenvalue weighted by atomic mass is 10.2. The second kappa shape index (κ2) is 5.01. The van der Waals surface area contributed by atoms with E-state index < -0.39 is 41.2 Å². The summed E-state index contributed by atoms with van der Waals surface area (Å²) >= 11 is 2.85. The van der Waals surface area contributed by atoms with Crippen LogP contribution in [-0.4, -0.2) is 22.0 Å². The maximum Gasteiger partial charge on any atom is 0.511 e. The van der Waals surface area contributed by atoms with Crippen LogP contribution in [-0.2, 0) is 0 Å². The summed E-state index contributed by atoms with van der Waals surface area (Å²) in [4.78, 5) is 22.8. The first kappa shape index (κ1) is 14.9. The maximum absolute atomic E-state index is 13.7. The van der Waals surface area contributed by atoms with Crippen molar-refractivity contribution >= 4 is 33.0 Å². The number of aromatic nitrogens is 1. The van der Waals surface area contributed by atoms with Gasteiger partial charge in [0.25, 0.3) is 0 Å². The first-order chi connectivity index (χ1) is 10.3. The van der Waals surface area contributed by atoms with Gasteiger partial charge in [-0.15, -0.1) is 0 Å². The molecule has 1 aliphatic rings. The summed E-state index contributed by atoms with van der Waals surface area (Å²) in [6.07, 6.45) is -1.85. The Bertz CT molecular complexity index is 867. The summed E-state index contributed by atoms with van der Waals surface area (Å²) in [5.41, 5.74) is -0.976. The van der Waals surface area contributed by atoms with Crippen LogP contribution in [0.1, 0.15) is 12.5 Å². The van der Waals surface area contributed by atoms with Crippen LogP contribution in [0.4, 0.5) is 18.0 Å². The summed E-state index contributed by atoms with van der Waals surface area (Å²) in [5, 5.41) is 8.32. The lowest BCUT2D eigenvalue weighted by molar-refractivity contribution is 0.143. The standard InChI is InChI=1S/C13H7BrF3NO4/c14-9-10(17)6(16)1-4-11(9)18(7-2-5(7)15)3-8(12(4)19)22-13(20)21/h1,3,5,7H,2H2,(H,20,21)/t5-,7-/m1/s1. The average molecular weight is 378 g/mol. The van der Waals surface area contributed by atoms with Gasteiger partial charge in [-0.3, -0.25) is 4.79 Å². The van der Waals surface area contributed by atoms with Gasteiger partial charge < -0.3 is 14.4 Å². The van der Waals surface area contributed by atoms with Gasteiger partial charge in [-0.25, -0.2) is 18.0 Å². The lowest BCUT2D eigenvalue weighted by Crippen LogP contribution is -2.17. The molecule has 0 radical (unpaired) electrons. The van der Waals surface area contributed by atoms with E-state index in [4.69, 9.17) is 5.11 Å². The summed E-state index contributed by atoms with van der Waals surface area (Å²) in [5.74, 6) is -3.11. The molecule has 0 bridgehead atoms. The SMILES string of the molecule is O=C(O)Oc1cn([C@@H]2C[C@H]2F)c2c(Br)c(F)c(F)cc2c1=O. The van der Waals surface area contributed by atoms with Crippen molar-refractivity contribution in [2.24, 2.45) is 0 Å². The topological polar surface area (TPSA) is 68.5 Å². The van der Waals surface area contributed by atoms with Crippen molar-refractivity contribution in [3.63, 3.8) is 0 Å². The third-order valence-corrected chi connectivity index (χ3v) is 4.08. The molecule has 1 aliphatic carbocycles. The Morgan fingerprint density at radius 1 is 1.45 bits per heavy atom. The number of ether oxygens (including phenoxy) is 1. The van der Waals surface area contributed by atoms with Crippen molar-refractivity contribution in [2.75, 3.05) is 0 Å². The van der Waals surface area contributed by atoms with Gasteiger partial charge in [0, 0.05) is 6.42 Å². The van der Waals surface area contributed by atoms with Gasteiger partial charge in [-0.1, -0.05) is 0 Å². The van der Waals surface area contributed by atoms with E-state index >= 15 is 0 Å². The molecule has 1 heterocycles. The van der Waals surface area contributed by atoms with E-state index in [1.807, 2.05) is 0 Å². The minimum absolute atomic E-state index is 0.0493. The minimum atomic E-state index is -1.74. The van der Waals surface area contributed by atoms with Crippen LogP contribution in [0.25, 0.3) is 10.9 Å². The van der Waals surface area contributed by atoms with Gasteiger partial charge in [0.1, 0.15) is 6.17 Å². The number of nitrogens with zero attached hydrogens (tertiary/aromatic N) is 1. The summed E-state index contributed by atoms with van der Waals surface area (Å²) in [6.45, 7) is 0. The molecule has 1 N–H and O–H groups in total. The van der Waals surface area contributed by atoms with Gasteiger partial charge in [-0.05, 0) is 22.0 Å². The van der Waals surface area contributed by atoms with Crippen molar-refractivity contribution in [3.05, 3.63) is 38.6 Å². The fourth-order valence-corrected chi connectivity index (χ4v) is 2.87. The van der Waals surface area contributed by atoms with Crippen LogP contribution < -0.4 is 10.2 Å². The Kier molecular flexibility index (Phi) is 3.39. The quantitative estimate of drug-likeness (QED) is 0.643. The van der Waals surface area contributed by atoms with Gasteiger partial charge in [0.05, 0.1) is 27.6 Å². The number of carboxylic acid groups (broad SMARTS) is 1. The van der Waals surface area contributed by atoms with Gasteiger partial charge in [0.2, 0.25) is 5.43 Å². The molecule has 22 heavy (non-hydrogen) atoms. The summed E-state index contributed by atoms with van der Waals surface area (Å²) in [7, 11) is 0. The van der Waals surface area contributed by atoms with E-state index in [-0.39, 0.29) is 21.8 Å². The second-order valence-electron chi connectivity index (χ2n) is 4.80. The molecule has 3 rings (SSSR count). The molecule has 0 unspecified atom stereocenters. The third-order valence-electron chi connectivity index (χ3n) is 3.36. The lowest BCUT2D eigenvalue weighted by Gasteiger charge is -2.14. The molecule has 1 aromatic heterocycles. The van der Waals surface area contributed by atoms with Gasteiger partial charge in [0.15, 0.2) is 17.4 Å². The Labute approximate surface area is 129 Å². The average Bonchev–Trinajstić information content (AvgIpc) is 3.16. The van der Waals surface area contributed by atoms with E-state index in [1.165, 1.54) is 4.57 Å². The van der Waals surface area contributed by atoms with Crippen molar-refractivity contribution in [1.29, 1.82) is 0 Å². The highest BCUT2D eigenvalue weighted by atomic mass is 79.9. The number of alkyl halides is 1. The smallest absolute Gasteiger partial charge is 0.449 e. The highest BCUT2D eigenvalue weighted by Gasteiger charge is 2.40. The van der Waals surface area contributed by atoms with Crippen molar-refractivity contribution in [3.8, 4) is 5.75 Å². The molecular weight excluding hydrogens is 371 g/mol. The van der Waals surface area contributed by atoms with Crippen LogP contribution in [0.3, 0.4) is 0 Å². The van der Waals surface area contributed by atoms with Crippen molar-refractivity contribution in [1.82, 2.24) is 4.57 Å². The molecule has 0 amide bonds. The number of fused-ring (bicyclic) bond motifs is 1. The van der Waals surface area contributed by atoms with Crippen molar-refractivity contribution < 1.29 is 27.8 Å². The highest BCUT2D eigenvalue weighted by molar-refractivity contribution is 9.10. The number of benzene rings is 1. The van der Waals surface area contributed by atoms with Crippen LogP contribution in [0.2, 0.25) is 0 Å². The third kappa shape index (κ3) is 2.25. The zero-order valence-corrected chi connectivity index (χ0v) is 12.2. The largest absolute Gasteiger partial charge is 0.511 e. The van der Waals surface area contributed by atoms with E-state index in [2.05, 4.69) is 20.7 Å². The first-order valence-corrected chi connectivity index (χ1v) is 6.87. The fraction of sp³-hybridized carbons (Fsp3) is 0.231. The predicted molar refractivity (Wildman–Crippen MR) is 73.0 cm³/mol. The summed E-state index contributed by atoms with van der Waals surface area (Å²) in [6, 6.07) is -0.0566. The number of halogens is 4. The summed E-state index contributed by atoms with van der Waals surface area (Å²) < 4.78 is 45.8. The van der Waals surface area contributed by atoms with Crippen LogP contribution in [0, 0.1) is 11.6 Å². The molecule has 0 saturated heterocycles. The van der Waals surface area contributed by atoms with E-state index in [9.17, 15) is 22.8 Å². The first-order valence-electron chi connectivity index (χ1n) is 6.08. The van der Waals surface area contributed by atoms with Gasteiger partial charge in [-0.2, -0.15) is 0 Å². The monoisotopic (exact) mass is 377 g/mol. The molecule has 1 saturated carbocycles. The molecule has 116 valence electrons. The molecule has 0 spiro atoms. The van der Waals surface area contributed by atoms with Crippen LogP contribution >= 0.6 is 15.9 Å². The van der Waals surface area contributed by atoms with E-state index in [0.29, 0.717) is 6.07 Å². The minimum Gasteiger partial charge on any atom is -0.449 e. The number of pyridine rings is 1. The maximum atomic E-state index is 13.7. The molecule has 5 nitrogen and oxygen atoms in total. The molecule has 0 aliphatic heterocycles. The van der Waals surface area contributed by atoms with Gasteiger partial charge >= 0.3 is 6.16 Å². The Morgan fingerprint density at radius 2 is 2.09 bits per heavy atom. The molecule has 2 atom stereocenters. The number of hydrogen-bond acceptors (Lipinski definition) is 3. The van der Waals surface area contributed by atoms with Crippen molar-refractivity contribution in [2.45, 2.75) is 18.6 Å². The second-order valence-corrected chi connectivity index (χ2v) is 5.59. The molecular formula is C13H7BrF3NO4. The number of hydrogen-bond donors (Lipinski definition) is 1. The fourth-order valence-electron chi connectivity index (χ4n) is 2.26. The zero-order valence-electron chi connectivity index (χ0n) is 10.6. The van der Waals surface area contributed by atoms with Crippen LogP contribution in [0.15, 0.2) is 21.5 Å². The normalized spacial score (nSPS) is 20.2.